The van der Waals surface area contributed by atoms with Gasteiger partial charge in [0.1, 0.15) is 0 Å². The smallest absolute Gasteiger partial charge is 0.315 e. The molecule has 26 heavy (non-hydrogen) atoms. The largest absolute Gasteiger partial charge is 0.481 e. The molecular weight excluding hydrogens is 356 g/mol. The fourth-order valence-electron chi connectivity index (χ4n) is 3.15. The fourth-order valence-corrected chi connectivity index (χ4v) is 4.76. The number of nitrogens with one attached hydrogen (secondary N) is 2. The third kappa shape index (κ3) is 5.72. The second-order valence-corrected chi connectivity index (χ2v) is 8.74. The van der Waals surface area contributed by atoms with Crippen LogP contribution in [0.5, 0.6) is 0 Å². The van der Waals surface area contributed by atoms with E-state index in [4.69, 9.17) is 5.11 Å². The van der Waals surface area contributed by atoms with Crippen molar-refractivity contribution in [3.63, 3.8) is 0 Å². The lowest BCUT2D eigenvalue weighted by Gasteiger charge is -2.27. The van der Waals surface area contributed by atoms with Crippen LogP contribution in [-0.2, 0) is 14.6 Å². The third-order valence-electron chi connectivity index (χ3n) is 4.76. The van der Waals surface area contributed by atoms with Crippen molar-refractivity contribution in [3.05, 3.63) is 30.3 Å². The van der Waals surface area contributed by atoms with Crippen molar-refractivity contribution in [2.24, 2.45) is 5.92 Å². The van der Waals surface area contributed by atoms with Crippen LogP contribution in [0.25, 0.3) is 0 Å². The maximum absolute atomic E-state index is 12.4. The van der Waals surface area contributed by atoms with E-state index in [1.165, 1.54) is 0 Å². The van der Waals surface area contributed by atoms with Crippen molar-refractivity contribution in [2.45, 2.75) is 56.0 Å². The Kier molecular flexibility index (Phi) is 7.02. The summed E-state index contributed by atoms with van der Waals surface area (Å²) in [5.41, 5.74) is 0. The number of hydrogen-bond donors (Lipinski definition) is 3. The molecule has 2 amide bonds. The lowest BCUT2D eigenvalue weighted by atomic mass is 9.86. The number of rotatable bonds is 7. The van der Waals surface area contributed by atoms with Crippen molar-refractivity contribution in [2.75, 3.05) is 5.75 Å². The average molecular weight is 382 g/mol. The molecule has 1 atom stereocenters. The summed E-state index contributed by atoms with van der Waals surface area (Å²) in [4.78, 5) is 23.4. The van der Waals surface area contributed by atoms with Crippen molar-refractivity contribution >= 4 is 21.8 Å². The van der Waals surface area contributed by atoms with Gasteiger partial charge in [-0.1, -0.05) is 25.1 Å². The van der Waals surface area contributed by atoms with Gasteiger partial charge in [-0.3, -0.25) is 4.79 Å². The highest BCUT2D eigenvalue weighted by atomic mass is 32.2. The van der Waals surface area contributed by atoms with Crippen LogP contribution in [0.1, 0.15) is 39.0 Å². The van der Waals surface area contributed by atoms with Gasteiger partial charge in [0.15, 0.2) is 9.84 Å². The van der Waals surface area contributed by atoms with Crippen LogP contribution < -0.4 is 10.6 Å². The Morgan fingerprint density at radius 1 is 1.15 bits per heavy atom. The van der Waals surface area contributed by atoms with E-state index in [2.05, 4.69) is 10.6 Å². The van der Waals surface area contributed by atoms with Gasteiger partial charge in [0.2, 0.25) is 0 Å². The van der Waals surface area contributed by atoms with Crippen LogP contribution in [0.15, 0.2) is 35.2 Å². The van der Waals surface area contributed by atoms with Gasteiger partial charge in [0.05, 0.1) is 16.6 Å². The zero-order valence-corrected chi connectivity index (χ0v) is 15.7. The molecule has 1 aromatic rings. The van der Waals surface area contributed by atoms with Gasteiger partial charge >= 0.3 is 12.0 Å². The van der Waals surface area contributed by atoms with Gasteiger partial charge in [-0.25, -0.2) is 13.2 Å². The predicted molar refractivity (Wildman–Crippen MR) is 97.6 cm³/mol. The molecule has 1 aliphatic rings. The number of carbonyl (C=O) groups is 2. The Bertz CT molecular complexity index is 712. The lowest BCUT2D eigenvalue weighted by Crippen LogP contribution is -2.49. The van der Waals surface area contributed by atoms with E-state index in [0.717, 1.165) is 0 Å². The molecule has 1 saturated carbocycles. The minimum absolute atomic E-state index is 0.0752. The second-order valence-electron chi connectivity index (χ2n) is 6.70. The minimum Gasteiger partial charge on any atom is -0.481 e. The van der Waals surface area contributed by atoms with Crippen LogP contribution in [0.2, 0.25) is 0 Å². The standard InChI is InChI=1S/C18H26N2O5S/c1-2-14(12-26(24,25)16-6-4-3-5-7-16)19-18(23)20-15-10-8-13(9-11-15)17(21)22/h3-7,13-15H,2,8-12H2,1H3,(H,21,22)(H2,19,20,23). The van der Waals surface area contributed by atoms with Gasteiger partial charge in [0.25, 0.3) is 0 Å². The summed E-state index contributed by atoms with van der Waals surface area (Å²) < 4.78 is 24.9. The number of carboxylic acids is 1. The van der Waals surface area contributed by atoms with E-state index in [9.17, 15) is 18.0 Å². The summed E-state index contributed by atoms with van der Waals surface area (Å²) in [6.45, 7) is 1.82. The van der Waals surface area contributed by atoms with Gasteiger partial charge in [-0.15, -0.1) is 0 Å². The highest BCUT2D eigenvalue weighted by Crippen LogP contribution is 2.24. The molecule has 7 nitrogen and oxygen atoms in total. The summed E-state index contributed by atoms with van der Waals surface area (Å²) >= 11 is 0. The molecule has 1 unspecified atom stereocenters. The number of urea groups is 1. The zero-order valence-electron chi connectivity index (χ0n) is 14.8. The lowest BCUT2D eigenvalue weighted by molar-refractivity contribution is -0.142. The number of sulfone groups is 1. The summed E-state index contributed by atoms with van der Waals surface area (Å²) in [5, 5.41) is 14.6. The molecular formula is C18H26N2O5S. The maximum atomic E-state index is 12.4. The van der Waals surface area contributed by atoms with E-state index in [1.807, 2.05) is 6.92 Å². The molecule has 0 aliphatic heterocycles. The van der Waals surface area contributed by atoms with E-state index in [1.54, 1.807) is 30.3 Å². The topological polar surface area (TPSA) is 113 Å². The monoisotopic (exact) mass is 382 g/mol. The first-order valence-corrected chi connectivity index (χ1v) is 10.5. The average Bonchev–Trinajstić information content (AvgIpc) is 2.62. The molecule has 0 saturated heterocycles. The van der Waals surface area contributed by atoms with Crippen LogP contribution in [0, 0.1) is 5.92 Å². The summed E-state index contributed by atoms with van der Waals surface area (Å²) in [5.74, 6) is -1.28. The normalized spacial score (nSPS) is 21.6. The molecule has 8 heteroatoms. The molecule has 3 N–H and O–H groups in total. The molecule has 0 radical (unpaired) electrons. The van der Waals surface area contributed by atoms with Crippen LogP contribution in [-0.4, -0.2) is 43.4 Å². The molecule has 1 fully saturated rings. The minimum atomic E-state index is -3.47. The van der Waals surface area contributed by atoms with Crippen molar-refractivity contribution < 1.29 is 23.1 Å². The highest BCUT2D eigenvalue weighted by Gasteiger charge is 2.27. The predicted octanol–water partition coefficient (Wildman–Crippen LogP) is 2.18. The van der Waals surface area contributed by atoms with Crippen LogP contribution in [0.3, 0.4) is 0 Å². The first-order chi connectivity index (χ1) is 12.3. The van der Waals surface area contributed by atoms with Crippen LogP contribution in [0.4, 0.5) is 4.79 Å². The molecule has 144 valence electrons. The van der Waals surface area contributed by atoms with Crippen molar-refractivity contribution in [3.8, 4) is 0 Å². The van der Waals surface area contributed by atoms with E-state index in [-0.39, 0.29) is 22.6 Å². The SMILES string of the molecule is CCC(CS(=O)(=O)c1ccccc1)NC(=O)NC1CCC(C(=O)O)CC1. The summed E-state index contributed by atoms with van der Waals surface area (Å²) in [6, 6.07) is 7.21. The molecule has 2 rings (SSSR count). The van der Waals surface area contributed by atoms with Gasteiger partial charge in [-0.05, 0) is 44.2 Å². The summed E-state index contributed by atoms with van der Waals surface area (Å²) in [7, 11) is -3.47. The Morgan fingerprint density at radius 2 is 1.77 bits per heavy atom. The van der Waals surface area contributed by atoms with E-state index in [0.29, 0.717) is 32.1 Å². The van der Waals surface area contributed by atoms with Gasteiger partial charge in [0, 0.05) is 12.1 Å². The van der Waals surface area contributed by atoms with Crippen LogP contribution >= 0.6 is 0 Å². The first kappa shape index (κ1) is 20.2. The maximum Gasteiger partial charge on any atom is 0.315 e. The van der Waals surface area contributed by atoms with Crippen molar-refractivity contribution in [1.29, 1.82) is 0 Å². The Labute approximate surface area is 154 Å². The highest BCUT2D eigenvalue weighted by molar-refractivity contribution is 7.91. The third-order valence-corrected chi connectivity index (χ3v) is 6.59. The number of hydrogen-bond acceptors (Lipinski definition) is 4. The van der Waals surface area contributed by atoms with Crippen molar-refractivity contribution in [1.82, 2.24) is 10.6 Å². The van der Waals surface area contributed by atoms with E-state index < -0.39 is 27.9 Å². The Balaban J connectivity index is 1.86. The molecule has 0 spiro atoms. The fraction of sp³-hybridized carbons (Fsp3) is 0.556. The van der Waals surface area contributed by atoms with E-state index >= 15 is 0 Å². The number of carbonyl (C=O) groups excluding carboxylic acids is 1. The molecule has 0 bridgehead atoms. The number of benzene rings is 1. The molecule has 0 aromatic heterocycles. The first-order valence-electron chi connectivity index (χ1n) is 8.89. The van der Waals surface area contributed by atoms with Gasteiger partial charge in [-0.2, -0.15) is 0 Å². The second kappa shape index (κ2) is 9.02. The van der Waals surface area contributed by atoms with Gasteiger partial charge < -0.3 is 15.7 Å². The molecule has 0 heterocycles. The summed E-state index contributed by atoms with van der Waals surface area (Å²) in [6.07, 6.45) is 2.80. The molecule has 1 aliphatic carbocycles. The Morgan fingerprint density at radius 3 is 2.31 bits per heavy atom. The molecule has 1 aromatic carbocycles. The zero-order chi connectivity index (χ0) is 19.2. The Hall–Kier alpha value is -2.09. The number of aliphatic carboxylic acids is 1. The number of amides is 2. The quantitative estimate of drug-likeness (QED) is 0.669. The number of carboxylic acid groups (broad SMARTS) is 1.